The largest absolute Gasteiger partial charge is 0.435 e. The zero-order valence-corrected chi connectivity index (χ0v) is 10.6. The van der Waals surface area contributed by atoms with Gasteiger partial charge in [0.15, 0.2) is 5.58 Å². The fraction of sp³-hybridized carbons (Fsp3) is 0.214. The number of nitrogen functional groups attached to an aromatic ring is 1. The average Bonchev–Trinajstić information content (AvgIpc) is 2.99. The minimum Gasteiger partial charge on any atom is -0.435 e. The lowest BCUT2D eigenvalue weighted by atomic mass is 10.2. The second kappa shape index (κ2) is 3.59. The Bertz CT molecular complexity index is 720. The average molecular weight is 256 g/mol. The van der Waals surface area contributed by atoms with E-state index in [1.807, 2.05) is 29.5 Å². The Kier molecular flexibility index (Phi) is 2.02. The van der Waals surface area contributed by atoms with Crippen LogP contribution in [0.2, 0.25) is 0 Å². The molecule has 4 heteroatoms. The van der Waals surface area contributed by atoms with Gasteiger partial charge in [0.05, 0.1) is 4.88 Å². The normalized spacial score (nSPS) is 14.2. The minimum atomic E-state index is 0.718. The third-order valence-electron chi connectivity index (χ3n) is 3.37. The number of rotatable bonds is 1. The van der Waals surface area contributed by atoms with Crippen molar-refractivity contribution in [3.63, 3.8) is 0 Å². The van der Waals surface area contributed by atoms with Crippen LogP contribution in [0, 0.1) is 0 Å². The summed E-state index contributed by atoms with van der Waals surface area (Å²) in [7, 11) is 0. The highest BCUT2D eigenvalue weighted by Crippen LogP contribution is 2.37. The Hall–Kier alpha value is -1.81. The summed E-state index contributed by atoms with van der Waals surface area (Å²) in [5, 5.41) is 0. The van der Waals surface area contributed by atoms with E-state index >= 15 is 0 Å². The Morgan fingerprint density at radius 3 is 3.06 bits per heavy atom. The van der Waals surface area contributed by atoms with Crippen molar-refractivity contribution in [2.45, 2.75) is 19.3 Å². The first-order chi connectivity index (χ1) is 8.79. The highest BCUT2D eigenvalue weighted by Gasteiger charge is 2.18. The van der Waals surface area contributed by atoms with Crippen molar-refractivity contribution in [1.29, 1.82) is 0 Å². The summed E-state index contributed by atoms with van der Waals surface area (Å²) in [5.74, 6) is 0.718. The first kappa shape index (κ1) is 10.1. The van der Waals surface area contributed by atoms with E-state index in [-0.39, 0.29) is 0 Å². The number of anilines is 1. The van der Waals surface area contributed by atoms with Crippen LogP contribution in [0.1, 0.15) is 16.9 Å². The van der Waals surface area contributed by atoms with Crippen LogP contribution >= 0.6 is 11.3 Å². The van der Waals surface area contributed by atoms with Crippen LogP contribution < -0.4 is 5.73 Å². The highest BCUT2D eigenvalue weighted by atomic mass is 32.1. The summed E-state index contributed by atoms with van der Waals surface area (Å²) in [6.45, 7) is 0. The van der Waals surface area contributed by atoms with Crippen LogP contribution in [0.4, 0.5) is 5.69 Å². The van der Waals surface area contributed by atoms with E-state index in [0.29, 0.717) is 0 Å². The first-order valence-corrected chi connectivity index (χ1v) is 6.89. The number of thiophene rings is 1. The Balaban J connectivity index is 1.85. The monoisotopic (exact) mass is 256 g/mol. The molecule has 1 aliphatic carbocycles. The van der Waals surface area contributed by atoms with Gasteiger partial charge in [-0.05, 0) is 49.1 Å². The zero-order valence-electron chi connectivity index (χ0n) is 9.77. The van der Waals surface area contributed by atoms with Gasteiger partial charge in [0.1, 0.15) is 5.52 Å². The van der Waals surface area contributed by atoms with Crippen molar-refractivity contribution in [3.8, 4) is 10.8 Å². The molecule has 2 aromatic heterocycles. The van der Waals surface area contributed by atoms with Crippen LogP contribution in [0.15, 0.2) is 28.7 Å². The number of oxazole rings is 1. The minimum absolute atomic E-state index is 0.718. The summed E-state index contributed by atoms with van der Waals surface area (Å²) in [6.07, 6.45) is 3.68. The molecular weight excluding hydrogens is 244 g/mol. The van der Waals surface area contributed by atoms with Crippen LogP contribution in [0.3, 0.4) is 0 Å². The lowest BCUT2D eigenvalue weighted by molar-refractivity contribution is 0.621. The van der Waals surface area contributed by atoms with Gasteiger partial charge >= 0.3 is 0 Å². The summed E-state index contributed by atoms with van der Waals surface area (Å²) in [6, 6.07) is 7.79. The molecule has 0 unspecified atom stereocenters. The summed E-state index contributed by atoms with van der Waals surface area (Å²) in [4.78, 5) is 7.15. The number of fused-ring (bicyclic) bond motifs is 2. The van der Waals surface area contributed by atoms with Gasteiger partial charge in [0, 0.05) is 10.6 Å². The van der Waals surface area contributed by atoms with Gasteiger partial charge in [-0.25, -0.2) is 4.98 Å². The van der Waals surface area contributed by atoms with Gasteiger partial charge in [0.25, 0.3) is 0 Å². The molecule has 0 spiro atoms. The van der Waals surface area contributed by atoms with Gasteiger partial charge in [-0.2, -0.15) is 0 Å². The first-order valence-electron chi connectivity index (χ1n) is 6.07. The highest BCUT2D eigenvalue weighted by molar-refractivity contribution is 7.15. The van der Waals surface area contributed by atoms with E-state index in [4.69, 9.17) is 10.2 Å². The summed E-state index contributed by atoms with van der Waals surface area (Å²) >= 11 is 1.81. The number of hydrogen-bond donors (Lipinski definition) is 1. The van der Waals surface area contributed by atoms with Crippen molar-refractivity contribution in [3.05, 3.63) is 34.7 Å². The van der Waals surface area contributed by atoms with Gasteiger partial charge in [-0.1, -0.05) is 0 Å². The van der Waals surface area contributed by atoms with Crippen molar-refractivity contribution in [2.75, 3.05) is 5.73 Å². The molecule has 0 saturated heterocycles. The van der Waals surface area contributed by atoms with E-state index in [1.165, 1.54) is 29.7 Å². The van der Waals surface area contributed by atoms with Crippen molar-refractivity contribution >= 4 is 28.1 Å². The second-order valence-corrected chi connectivity index (χ2v) is 5.80. The number of nitrogens with zero attached hydrogens (tertiary/aromatic N) is 1. The van der Waals surface area contributed by atoms with E-state index in [2.05, 4.69) is 11.1 Å². The molecule has 2 N–H and O–H groups in total. The zero-order chi connectivity index (χ0) is 12.1. The maximum absolute atomic E-state index is 5.79. The summed E-state index contributed by atoms with van der Waals surface area (Å²) in [5.41, 5.74) is 9.57. The molecule has 0 fully saturated rings. The Morgan fingerprint density at radius 2 is 2.17 bits per heavy atom. The van der Waals surface area contributed by atoms with Crippen LogP contribution in [0.25, 0.3) is 21.9 Å². The molecule has 0 bridgehead atoms. The number of benzene rings is 1. The fourth-order valence-corrected chi connectivity index (χ4v) is 3.66. The Morgan fingerprint density at radius 1 is 1.22 bits per heavy atom. The van der Waals surface area contributed by atoms with E-state index in [1.54, 1.807) is 0 Å². The molecule has 3 aromatic rings. The predicted octanol–water partition coefficient (Wildman–Crippen LogP) is 3.63. The lowest BCUT2D eigenvalue weighted by Gasteiger charge is -1.88. The molecule has 0 saturated carbocycles. The van der Waals surface area contributed by atoms with Crippen molar-refractivity contribution in [2.24, 2.45) is 0 Å². The van der Waals surface area contributed by atoms with Crippen LogP contribution in [-0.4, -0.2) is 4.98 Å². The summed E-state index contributed by atoms with van der Waals surface area (Å²) < 4.78 is 5.79. The number of hydrogen-bond acceptors (Lipinski definition) is 4. The van der Waals surface area contributed by atoms with Gasteiger partial charge in [-0.15, -0.1) is 11.3 Å². The molecule has 0 atom stereocenters. The topological polar surface area (TPSA) is 52.0 Å². The number of nitrogens with two attached hydrogens (primary N) is 1. The SMILES string of the molecule is Nc1ccc2oc(-c3cc4c(s3)CCC4)nc2c1. The van der Waals surface area contributed by atoms with Crippen molar-refractivity contribution in [1.82, 2.24) is 4.98 Å². The lowest BCUT2D eigenvalue weighted by Crippen LogP contribution is -1.82. The quantitative estimate of drug-likeness (QED) is 0.676. The molecule has 0 radical (unpaired) electrons. The molecule has 4 rings (SSSR count). The van der Waals surface area contributed by atoms with Gasteiger partial charge in [-0.3, -0.25) is 0 Å². The predicted molar refractivity (Wildman–Crippen MR) is 73.8 cm³/mol. The molecule has 2 heterocycles. The molecule has 1 aliphatic rings. The van der Waals surface area contributed by atoms with Crippen LogP contribution in [0.5, 0.6) is 0 Å². The number of aryl methyl sites for hydroxylation is 2. The molecule has 90 valence electrons. The number of aromatic nitrogens is 1. The maximum Gasteiger partial charge on any atom is 0.237 e. The van der Waals surface area contributed by atoms with Crippen molar-refractivity contribution < 1.29 is 4.42 Å². The maximum atomic E-state index is 5.79. The van der Waals surface area contributed by atoms with E-state index in [0.717, 1.165) is 27.6 Å². The van der Waals surface area contributed by atoms with Gasteiger partial charge in [0.2, 0.25) is 5.89 Å². The fourth-order valence-electron chi connectivity index (χ4n) is 2.48. The van der Waals surface area contributed by atoms with Crippen LogP contribution in [-0.2, 0) is 12.8 Å². The molecule has 18 heavy (non-hydrogen) atoms. The standard InChI is InChI=1S/C14H12N2OS/c15-9-4-5-11-10(7-9)16-14(17-11)13-6-8-2-1-3-12(8)18-13/h4-7H,1-3,15H2. The molecule has 0 amide bonds. The third-order valence-corrected chi connectivity index (χ3v) is 4.59. The smallest absolute Gasteiger partial charge is 0.237 e. The van der Waals surface area contributed by atoms with E-state index < -0.39 is 0 Å². The molecular formula is C14H12N2OS. The molecule has 1 aromatic carbocycles. The van der Waals surface area contributed by atoms with Gasteiger partial charge < -0.3 is 10.2 Å². The second-order valence-electron chi connectivity index (χ2n) is 4.66. The third kappa shape index (κ3) is 1.46. The molecule has 0 aliphatic heterocycles. The molecule has 3 nitrogen and oxygen atoms in total. The van der Waals surface area contributed by atoms with E-state index in [9.17, 15) is 0 Å². The Labute approximate surface area is 108 Å².